The molecule has 1 atom stereocenters. The Balaban J connectivity index is 1.85. The lowest BCUT2D eigenvalue weighted by Crippen LogP contribution is -2.30. The van der Waals surface area contributed by atoms with E-state index in [1.165, 1.54) is 12.1 Å². The molecule has 2 rings (SSSR count). The van der Waals surface area contributed by atoms with Crippen LogP contribution < -0.4 is 15.4 Å². The van der Waals surface area contributed by atoms with Gasteiger partial charge in [0.15, 0.2) is 6.10 Å². The van der Waals surface area contributed by atoms with E-state index in [4.69, 9.17) is 10.00 Å². The molecule has 0 saturated carbocycles. The summed E-state index contributed by atoms with van der Waals surface area (Å²) in [6, 6.07) is 14.9. The molecule has 3 N–H and O–H groups in total. The Morgan fingerprint density at radius 2 is 1.81 bits per heavy atom. The van der Waals surface area contributed by atoms with Crippen LogP contribution in [-0.4, -0.2) is 23.0 Å². The number of phenols is 1. The van der Waals surface area contributed by atoms with Gasteiger partial charge in [0, 0.05) is 12.2 Å². The topological polar surface area (TPSA) is 111 Å². The van der Waals surface area contributed by atoms with Gasteiger partial charge in [-0.05, 0) is 48.9 Å². The van der Waals surface area contributed by atoms with Crippen LogP contribution in [0.15, 0.2) is 48.5 Å². The molecule has 0 aromatic heterocycles. The molecular formula is C19H19N3O4. The van der Waals surface area contributed by atoms with Crippen molar-refractivity contribution in [3.63, 3.8) is 0 Å². The van der Waals surface area contributed by atoms with Crippen molar-refractivity contribution in [1.82, 2.24) is 5.32 Å². The van der Waals surface area contributed by atoms with E-state index in [2.05, 4.69) is 10.6 Å². The zero-order chi connectivity index (χ0) is 18.9. The summed E-state index contributed by atoms with van der Waals surface area (Å²) in [5.41, 5.74) is 1.45. The average Bonchev–Trinajstić information content (AvgIpc) is 2.63. The molecule has 7 nitrogen and oxygen atoms in total. The highest BCUT2D eigenvalue weighted by atomic mass is 16.5. The summed E-state index contributed by atoms with van der Waals surface area (Å²) in [5.74, 6) is -0.0366. The van der Waals surface area contributed by atoms with Gasteiger partial charge in [0.25, 0.3) is 5.91 Å². The van der Waals surface area contributed by atoms with Crippen molar-refractivity contribution in [1.29, 1.82) is 5.26 Å². The van der Waals surface area contributed by atoms with Crippen LogP contribution in [0.2, 0.25) is 0 Å². The predicted octanol–water partition coefficient (Wildman–Crippen LogP) is 2.33. The smallest absolute Gasteiger partial charge is 0.265 e. The van der Waals surface area contributed by atoms with Crippen LogP contribution in [0.1, 0.15) is 18.9 Å². The van der Waals surface area contributed by atoms with E-state index in [0.717, 1.165) is 5.56 Å². The van der Waals surface area contributed by atoms with Crippen LogP contribution in [0, 0.1) is 11.3 Å². The number of rotatable bonds is 7. The van der Waals surface area contributed by atoms with Crippen molar-refractivity contribution >= 4 is 17.5 Å². The Morgan fingerprint density at radius 3 is 2.42 bits per heavy atom. The third kappa shape index (κ3) is 5.83. The lowest BCUT2D eigenvalue weighted by molar-refractivity contribution is -0.122. The summed E-state index contributed by atoms with van der Waals surface area (Å²) < 4.78 is 5.52. The fraction of sp³-hybridized carbons (Fsp3) is 0.211. The van der Waals surface area contributed by atoms with E-state index < -0.39 is 6.10 Å². The molecule has 0 fully saturated rings. The van der Waals surface area contributed by atoms with E-state index in [9.17, 15) is 14.7 Å². The molecule has 26 heavy (non-hydrogen) atoms. The van der Waals surface area contributed by atoms with Gasteiger partial charge in [-0.15, -0.1) is 0 Å². The number of hydrogen-bond donors (Lipinski definition) is 3. The summed E-state index contributed by atoms with van der Waals surface area (Å²) in [6.45, 7) is 1.94. The van der Waals surface area contributed by atoms with Crippen molar-refractivity contribution < 1.29 is 19.4 Å². The first-order chi connectivity index (χ1) is 12.5. The second-order valence-electron chi connectivity index (χ2n) is 5.55. The predicted molar refractivity (Wildman–Crippen MR) is 95.3 cm³/mol. The number of hydrogen-bond acceptors (Lipinski definition) is 5. The van der Waals surface area contributed by atoms with Crippen molar-refractivity contribution in [2.45, 2.75) is 26.0 Å². The second-order valence-corrected chi connectivity index (χ2v) is 5.55. The van der Waals surface area contributed by atoms with Crippen LogP contribution in [-0.2, 0) is 16.1 Å². The Bertz CT molecular complexity index is 795. The maximum atomic E-state index is 12.2. The second kappa shape index (κ2) is 9.08. The highest BCUT2D eigenvalue weighted by Crippen LogP contribution is 2.18. The molecule has 0 spiro atoms. The maximum absolute atomic E-state index is 12.2. The number of anilines is 1. The van der Waals surface area contributed by atoms with E-state index in [-0.39, 0.29) is 24.0 Å². The molecule has 1 unspecified atom stereocenters. The van der Waals surface area contributed by atoms with Gasteiger partial charge in [0.05, 0.1) is 6.07 Å². The average molecular weight is 353 g/mol. The largest absolute Gasteiger partial charge is 0.508 e. The van der Waals surface area contributed by atoms with Gasteiger partial charge in [-0.2, -0.15) is 5.26 Å². The molecule has 0 bridgehead atoms. The van der Waals surface area contributed by atoms with Gasteiger partial charge in [0.2, 0.25) is 5.91 Å². The minimum atomic E-state index is -0.718. The lowest BCUT2D eigenvalue weighted by atomic mass is 10.2. The van der Waals surface area contributed by atoms with Gasteiger partial charge >= 0.3 is 0 Å². The number of carbonyl (C=O) groups is 2. The molecule has 7 heteroatoms. The molecule has 0 aliphatic heterocycles. The number of nitrogens with zero attached hydrogens (tertiary/aromatic N) is 1. The summed E-state index contributed by atoms with van der Waals surface area (Å²) in [5, 5.41) is 23.0. The van der Waals surface area contributed by atoms with Gasteiger partial charge in [0.1, 0.15) is 17.9 Å². The fourth-order valence-electron chi connectivity index (χ4n) is 2.07. The normalized spacial score (nSPS) is 11.1. The molecule has 2 aromatic rings. The zero-order valence-corrected chi connectivity index (χ0v) is 14.2. The molecular weight excluding hydrogens is 334 g/mol. The van der Waals surface area contributed by atoms with Gasteiger partial charge < -0.3 is 20.5 Å². The van der Waals surface area contributed by atoms with Crippen molar-refractivity contribution in [3.05, 3.63) is 54.1 Å². The molecule has 2 aromatic carbocycles. The van der Waals surface area contributed by atoms with E-state index in [1.807, 2.05) is 0 Å². The summed E-state index contributed by atoms with van der Waals surface area (Å²) in [7, 11) is 0. The lowest BCUT2D eigenvalue weighted by Gasteiger charge is -2.15. The van der Waals surface area contributed by atoms with Crippen LogP contribution in [0.4, 0.5) is 5.69 Å². The van der Waals surface area contributed by atoms with E-state index >= 15 is 0 Å². The third-order valence-corrected chi connectivity index (χ3v) is 3.47. The number of carbonyl (C=O) groups excluding carboxylic acids is 2. The number of nitriles is 1. The quantitative estimate of drug-likeness (QED) is 0.707. The summed E-state index contributed by atoms with van der Waals surface area (Å²) in [4.78, 5) is 23.4. The summed E-state index contributed by atoms with van der Waals surface area (Å²) >= 11 is 0. The first-order valence-electron chi connectivity index (χ1n) is 7.97. The van der Waals surface area contributed by atoms with Crippen molar-refractivity contribution in [2.24, 2.45) is 0 Å². The minimum Gasteiger partial charge on any atom is -0.508 e. The number of phenolic OH excluding ortho intramolecular Hbond substituents is 1. The highest BCUT2D eigenvalue weighted by molar-refractivity contribution is 5.94. The first-order valence-corrected chi connectivity index (χ1v) is 7.97. The van der Waals surface area contributed by atoms with E-state index in [1.54, 1.807) is 49.4 Å². The number of ether oxygens (including phenoxy) is 1. The van der Waals surface area contributed by atoms with Crippen molar-refractivity contribution in [3.8, 4) is 17.6 Å². The molecule has 2 amide bonds. The highest BCUT2D eigenvalue weighted by Gasteiger charge is 2.15. The van der Waals surface area contributed by atoms with E-state index in [0.29, 0.717) is 18.0 Å². The van der Waals surface area contributed by atoms with Crippen LogP contribution in [0.3, 0.4) is 0 Å². The molecule has 134 valence electrons. The van der Waals surface area contributed by atoms with Gasteiger partial charge in [-0.1, -0.05) is 12.1 Å². The number of benzene rings is 2. The molecule has 0 heterocycles. The zero-order valence-electron chi connectivity index (χ0n) is 14.2. The van der Waals surface area contributed by atoms with Crippen molar-refractivity contribution in [2.75, 3.05) is 5.32 Å². The Labute approximate surface area is 151 Å². The van der Waals surface area contributed by atoms with Gasteiger partial charge in [-0.3, -0.25) is 9.59 Å². The monoisotopic (exact) mass is 353 g/mol. The molecule has 0 saturated heterocycles. The maximum Gasteiger partial charge on any atom is 0.265 e. The van der Waals surface area contributed by atoms with Crippen LogP contribution >= 0.6 is 0 Å². The van der Waals surface area contributed by atoms with Crippen LogP contribution in [0.25, 0.3) is 0 Å². The number of amides is 2. The third-order valence-electron chi connectivity index (χ3n) is 3.47. The fourth-order valence-corrected chi connectivity index (χ4v) is 2.07. The molecule has 0 aliphatic carbocycles. The number of aromatic hydroxyl groups is 1. The summed E-state index contributed by atoms with van der Waals surface area (Å²) in [6.07, 6.45) is -0.892. The van der Waals surface area contributed by atoms with Crippen LogP contribution in [0.5, 0.6) is 11.5 Å². The Hall–Kier alpha value is -3.53. The molecule has 0 aliphatic rings. The Morgan fingerprint density at radius 1 is 1.15 bits per heavy atom. The number of nitrogens with one attached hydrogen (secondary N) is 2. The first kappa shape index (κ1) is 18.8. The standard InChI is InChI=1S/C19H19N3O4/c1-13(26-17-8-6-16(23)7-9-17)19(25)22-15-4-2-14(3-5-15)12-21-18(24)10-11-20/h2-9,13,23H,10,12H2,1H3,(H,21,24)(H,22,25). The Kier molecular flexibility index (Phi) is 6.57. The SMILES string of the molecule is CC(Oc1ccc(O)cc1)C(=O)Nc1ccc(CNC(=O)CC#N)cc1. The molecule has 0 radical (unpaired) electrons. The van der Waals surface area contributed by atoms with Gasteiger partial charge in [-0.25, -0.2) is 0 Å². The minimum absolute atomic E-state index is 0.123.